The fourth-order valence-electron chi connectivity index (χ4n) is 3.26. The van der Waals surface area contributed by atoms with Crippen molar-refractivity contribution in [2.75, 3.05) is 6.54 Å². The van der Waals surface area contributed by atoms with Gasteiger partial charge in [-0.05, 0) is 50.8 Å². The largest absolute Gasteiger partial charge is 0.295 e. The van der Waals surface area contributed by atoms with Gasteiger partial charge in [0.15, 0.2) is 5.78 Å². The fraction of sp³-hybridized carbons (Fsp3) is 0.500. The van der Waals surface area contributed by atoms with Crippen molar-refractivity contribution < 1.29 is 13.2 Å². The molecule has 0 radical (unpaired) electrons. The lowest BCUT2D eigenvalue weighted by Crippen LogP contribution is -2.39. The highest BCUT2D eigenvalue weighted by Gasteiger charge is 2.29. The van der Waals surface area contributed by atoms with Gasteiger partial charge in [0.05, 0.1) is 4.90 Å². The zero-order valence-corrected chi connectivity index (χ0v) is 17.2. The van der Waals surface area contributed by atoms with Crippen molar-refractivity contribution >= 4 is 15.8 Å². The summed E-state index contributed by atoms with van der Waals surface area (Å²) >= 11 is 0. The molecule has 1 aliphatic rings. The van der Waals surface area contributed by atoms with Crippen LogP contribution in [-0.4, -0.2) is 31.1 Å². The number of benzene rings is 1. The van der Waals surface area contributed by atoms with E-state index in [4.69, 9.17) is 0 Å². The Kier molecular flexibility index (Phi) is 8.45. The van der Waals surface area contributed by atoms with Crippen molar-refractivity contribution in [3.05, 3.63) is 54.1 Å². The summed E-state index contributed by atoms with van der Waals surface area (Å²) in [7, 11) is -3.64. The Morgan fingerprint density at radius 1 is 1.19 bits per heavy atom. The molecule has 4 nitrogen and oxygen atoms in total. The maximum atomic E-state index is 13.3. The van der Waals surface area contributed by atoms with Crippen LogP contribution in [0.3, 0.4) is 0 Å². The summed E-state index contributed by atoms with van der Waals surface area (Å²) in [6, 6.07) is 6.79. The van der Waals surface area contributed by atoms with Gasteiger partial charge in [-0.25, -0.2) is 8.42 Å². The fourth-order valence-corrected chi connectivity index (χ4v) is 4.82. The normalized spacial score (nSPS) is 19.7. The minimum absolute atomic E-state index is 0.0402. The topological polar surface area (TPSA) is 54.5 Å². The van der Waals surface area contributed by atoms with E-state index in [0.717, 1.165) is 44.1 Å². The molecule has 0 amide bonds. The molecule has 0 bridgehead atoms. The van der Waals surface area contributed by atoms with Gasteiger partial charge in [0.1, 0.15) is 0 Å². The van der Waals surface area contributed by atoms with E-state index in [1.807, 2.05) is 32.1 Å². The lowest BCUT2D eigenvalue weighted by atomic mass is 10.0. The molecule has 0 saturated carbocycles. The Bertz CT molecular complexity index is 763. The van der Waals surface area contributed by atoms with Crippen molar-refractivity contribution in [3.63, 3.8) is 0 Å². The van der Waals surface area contributed by atoms with E-state index >= 15 is 0 Å². The number of rotatable bonds is 8. The number of allylic oxidation sites excluding steroid dienone is 2. The molecule has 0 heterocycles. The van der Waals surface area contributed by atoms with Gasteiger partial charge in [0.25, 0.3) is 0 Å². The van der Waals surface area contributed by atoms with Crippen LogP contribution in [0.1, 0.15) is 57.4 Å². The third-order valence-corrected chi connectivity index (χ3v) is 6.72. The average Bonchev–Trinajstić information content (AvgIpc) is 2.60. The number of ketones is 1. The Morgan fingerprint density at radius 3 is 2.63 bits per heavy atom. The summed E-state index contributed by atoms with van der Waals surface area (Å²) in [4.78, 5) is 12.1. The zero-order valence-electron chi connectivity index (χ0n) is 16.4. The molecule has 0 N–H and O–H groups in total. The zero-order chi connectivity index (χ0) is 19.7. The second-order valence-corrected chi connectivity index (χ2v) is 9.03. The summed E-state index contributed by atoms with van der Waals surface area (Å²) < 4.78 is 28.2. The summed E-state index contributed by atoms with van der Waals surface area (Å²) in [5, 5.41) is 0. The first kappa shape index (κ1) is 21.6. The molecule has 27 heavy (non-hydrogen) atoms. The SMILES string of the molecule is CCCC(=O)/C=C/CN(C1/C=C\CCCCC1)S(=O)(=O)c1ccc(C)cc1. The first-order valence-corrected chi connectivity index (χ1v) is 11.3. The maximum Gasteiger partial charge on any atom is 0.243 e. The minimum atomic E-state index is -3.64. The molecule has 0 spiro atoms. The van der Waals surface area contributed by atoms with Crippen molar-refractivity contribution in [2.24, 2.45) is 0 Å². The monoisotopic (exact) mass is 389 g/mol. The van der Waals surface area contributed by atoms with Crippen LogP contribution in [0, 0.1) is 6.92 Å². The third kappa shape index (κ3) is 6.43. The number of nitrogens with zero attached hydrogens (tertiary/aromatic N) is 1. The highest BCUT2D eigenvalue weighted by Crippen LogP contribution is 2.24. The maximum absolute atomic E-state index is 13.3. The molecule has 148 valence electrons. The van der Waals surface area contributed by atoms with Crippen molar-refractivity contribution in [3.8, 4) is 0 Å². The average molecular weight is 390 g/mol. The van der Waals surface area contributed by atoms with Crippen LogP contribution in [-0.2, 0) is 14.8 Å². The molecule has 0 aliphatic heterocycles. The van der Waals surface area contributed by atoms with Crippen molar-refractivity contribution in [1.82, 2.24) is 4.31 Å². The van der Waals surface area contributed by atoms with E-state index in [-0.39, 0.29) is 18.4 Å². The quantitative estimate of drug-likeness (QED) is 0.474. The molecule has 1 aromatic rings. The number of sulfonamides is 1. The van der Waals surface area contributed by atoms with Gasteiger partial charge >= 0.3 is 0 Å². The smallest absolute Gasteiger partial charge is 0.243 e. The van der Waals surface area contributed by atoms with E-state index in [1.165, 1.54) is 10.4 Å². The lowest BCUT2D eigenvalue weighted by Gasteiger charge is -2.29. The van der Waals surface area contributed by atoms with Crippen LogP contribution in [0.5, 0.6) is 0 Å². The second kappa shape index (κ2) is 10.6. The number of aryl methyl sites for hydroxylation is 1. The van der Waals surface area contributed by atoms with E-state index < -0.39 is 10.0 Å². The summed E-state index contributed by atoms with van der Waals surface area (Å²) in [6.45, 7) is 4.10. The van der Waals surface area contributed by atoms with Gasteiger partial charge in [0.2, 0.25) is 10.0 Å². The van der Waals surface area contributed by atoms with Crippen LogP contribution >= 0.6 is 0 Å². The summed E-state index contributed by atoms with van der Waals surface area (Å²) in [6.07, 6.45) is 13.7. The third-order valence-electron chi connectivity index (χ3n) is 4.81. The Morgan fingerprint density at radius 2 is 1.93 bits per heavy atom. The summed E-state index contributed by atoms with van der Waals surface area (Å²) in [5.41, 5.74) is 1.02. The molecule has 1 aliphatic carbocycles. The van der Waals surface area contributed by atoms with Gasteiger partial charge in [-0.1, -0.05) is 55.7 Å². The van der Waals surface area contributed by atoms with Crippen molar-refractivity contribution in [1.29, 1.82) is 0 Å². The molecule has 1 atom stereocenters. The minimum Gasteiger partial charge on any atom is -0.295 e. The van der Waals surface area contributed by atoms with Gasteiger partial charge in [-0.2, -0.15) is 4.31 Å². The predicted octanol–water partition coefficient (Wildman–Crippen LogP) is 4.80. The number of hydrogen-bond donors (Lipinski definition) is 0. The van der Waals surface area contributed by atoms with Gasteiger partial charge in [-0.15, -0.1) is 0 Å². The molecule has 0 fully saturated rings. The summed E-state index contributed by atoms with van der Waals surface area (Å²) in [5.74, 6) is 0.0402. The molecular formula is C22H31NO3S. The molecule has 1 unspecified atom stereocenters. The Labute approximate surface area is 164 Å². The molecule has 0 aromatic heterocycles. The Balaban J connectivity index is 2.31. The predicted molar refractivity (Wildman–Crippen MR) is 110 cm³/mol. The van der Waals surface area contributed by atoms with Gasteiger partial charge in [-0.3, -0.25) is 4.79 Å². The molecule has 2 rings (SSSR count). The van der Waals surface area contributed by atoms with Crippen LogP contribution in [0.15, 0.2) is 53.5 Å². The van der Waals surface area contributed by atoms with E-state index in [0.29, 0.717) is 11.3 Å². The number of hydrogen-bond acceptors (Lipinski definition) is 3. The number of carbonyl (C=O) groups excluding carboxylic acids is 1. The standard InChI is InChI=1S/C22H31NO3S/c1-3-10-21(24)13-9-18-23(20-11-7-5-4-6-8-12-20)27(25,26)22-16-14-19(2)15-17-22/h7,9,11,13-17,20H,3-6,8,10,12,18H2,1-2H3/b11-7-,13-9+. The first-order valence-electron chi connectivity index (χ1n) is 9.89. The second-order valence-electron chi connectivity index (χ2n) is 7.14. The molecule has 1 aromatic carbocycles. The van der Waals surface area contributed by atoms with Crippen LogP contribution in [0.2, 0.25) is 0 Å². The van der Waals surface area contributed by atoms with Crippen LogP contribution < -0.4 is 0 Å². The highest BCUT2D eigenvalue weighted by molar-refractivity contribution is 7.89. The lowest BCUT2D eigenvalue weighted by molar-refractivity contribution is -0.114. The molecular weight excluding hydrogens is 358 g/mol. The van der Waals surface area contributed by atoms with Gasteiger partial charge < -0.3 is 0 Å². The highest BCUT2D eigenvalue weighted by atomic mass is 32.2. The molecule has 5 heteroatoms. The van der Waals surface area contributed by atoms with E-state index in [2.05, 4.69) is 6.08 Å². The number of carbonyl (C=O) groups is 1. The van der Waals surface area contributed by atoms with Crippen LogP contribution in [0.25, 0.3) is 0 Å². The van der Waals surface area contributed by atoms with Crippen LogP contribution in [0.4, 0.5) is 0 Å². The molecule has 0 saturated heterocycles. The van der Waals surface area contributed by atoms with E-state index in [1.54, 1.807) is 18.2 Å². The Hall–Kier alpha value is -1.72. The first-order chi connectivity index (χ1) is 12.9. The van der Waals surface area contributed by atoms with E-state index in [9.17, 15) is 13.2 Å². The van der Waals surface area contributed by atoms with Crippen molar-refractivity contribution in [2.45, 2.75) is 69.7 Å². The van der Waals surface area contributed by atoms with Gasteiger partial charge in [0, 0.05) is 19.0 Å².